The van der Waals surface area contributed by atoms with Crippen LogP contribution < -0.4 is 0 Å². The number of benzene rings is 1. The third kappa shape index (κ3) is 6.56. The topological polar surface area (TPSA) is 40.6 Å². The summed E-state index contributed by atoms with van der Waals surface area (Å²) in [5, 5.41) is 0.670. The Kier molecular flexibility index (Phi) is 8.57. The largest absolute Gasteiger partial charge is 0.343 e. The van der Waals surface area contributed by atoms with Gasteiger partial charge in [-0.15, -0.1) is 0 Å². The summed E-state index contributed by atoms with van der Waals surface area (Å²) in [4.78, 5) is 29.3. The molecular weight excluding hydrogens is 424 g/mol. The number of thioether (sulfide) groups is 1. The smallest absolute Gasteiger partial charge is 0.266 e. The minimum absolute atomic E-state index is 0.0319. The third-order valence-electron chi connectivity index (χ3n) is 5.27. The molecule has 1 aromatic carbocycles. The van der Waals surface area contributed by atoms with Crippen molar-refractivity contribution in [1.82, 2.24) is 9.80 Å². The van der Waals surface area contributed by atoms with Crippen LogP contribution in [0.15, 0.2) is 29.2 Å². The van der Waals surface area contributed by atoms with E-state index >= 15 is 0 Å². The number of thiocarbonyl (C=S) groups is 1. The van der Waals surface area contributed by atoms with Gasteiger partial charge in [0.2, 0.25) is 5.91 Å². The minimum Gasteiger partial charge on any atom is -0.343 e. The second kappa shape index (κ2) is 11.1. The van der Waals surface area contributed by atoms with E-state index in [0.29, 0.717) is 27.2 Å². The van der Waals surface area contributed by atoms with Gasteiger partial charge in [0.25, 0.3) is 5.91 Å². The molecule has 0 aromatic heterocycles. The molecule has 2 fully saturated rings. The van der Waals surface area contributed by atoms with Gasteiger partial charge in [-0.05, 0) is 49.5 Å². The zero-order chi connectivity index (χ0) is 20.6. The summed E-state index contributed by atoms with van der Waals surface area (Å²) in [5.41, 5.74) is 0.932. The lowest BCUT2D eigenvalue weighted by molar-refractivity contribution is -0.131. The molecule has 0 spiro atoms. The predicted molar refractivity (Wildman–Crippen MR) is 125 cm³/mol. The SMILES string of the molecule is O=C(CCCCCN1C(=O)C(=Cc2ccc(Cl)cc2)SC1=S)N1CCCCCC1. The second-order valence-electron chi connectivity index (χ2n) is 7.49. The first kappa shape index (κ1) is 22.3. The van der Waals surface area contributed by atoms with E-state index in [2.05, 4.69) is 0 Å². The summed E-state index contributed by atoms with van der Waals surface area (Å²) in [6, 6.07) is 7.38. The molecule has 156 valence electrons. The van der Waals surface area contributed by atoms with Gasteiger partial charge in [-0.25, -0.2) is 0 Å². The fourth-order valence-corrected chi connectivity index (χ4v) is 5.04. The van der Waals surface area contributed by atoms with Crippen LogP contribution in [0.25, 0.3) is 6.08 Å². The van der Waals surface area contributed by atoms with Crippen LogP contribution in [0.4, 0.5) is 0 Å². The number of hydrogen-bond donors (Lipinski definition) is 0. The van der Waals surface area contributed by atoms with Crippen LogP contribution >= 0.6 is 35.6 Å². The zero-order valence-electron chi connectivity index (χ0n) is 16.6. The summed E-state index contributed by atoms with van der Waals surface area (Å²) in [5.74, 6) is 0.249. The number of carbonyl (C=O) groups excluding carboxylic acids is 2. The van der Waals surface area contributed by atoms with Gasteiger partial charge in [0.1, 0.15) is 4.32 Å². The first-order valence-electron chi connectivity index (χ1n) is 10.3. The predicted octanol–water partition coefficient (Wildman–Crippen LogP) is 5.50. The lowest BCUT2D eigenvalue weighted by Crippen LogP contribution is -2.31. The third-order valence-corrected chi connectivity index (χ3v) is 6.90. The van der Waals surface area contributed by atoms with E-state index in [1.165, 1.54) is 24.6 Å². The first-order chi connectivity index (χ1) is 14.0. The zero-order valence-corrected chi connectivity index (χ0v) is 19.0. The Bertz CT molecular complexity index is 772. The number of amides is 2. The summed E-state index contributed by atoms with van der Waals surface area (Å²) < 4.78 is 0.607. The van der Waals surface area contributed by atoms with Gasteiger partial charge < -0.3 is 4.90 Å². The van der Waals surface area contributed by atoms with Gasteiger partial charge in [-0.2, -0.15) is 0 Å². The molecule has 1 aromatic rings. The number of unbranched alkanes of at least 4 members (excludes halogenated alkanes) is 2. The fraction of sp³-hybridized carbons (Fsp3) is 0.500. The Labute approximate surface area is 187 Å². The maximum Gasteiger partial charge on any atom is 0.266 e. The van der Waals surface area contributed by atoms with Gasteiger partial charge in [0.15, 0.2) is 0 Å². The van der Waals surface area contributed by atoms with Crippen LogP contribution in [0.3, 0.4) is 0 Å². The Morgan fingerprint density at radius 1 is 1.07 bits per heavy atom. The quantitative estimate of drug-likeness (QED) is 0.312. The average molecular weight is 451 g/mol. The maximum absolute atomic E-state index is 12.7. The van der Waals surface area contributed by atoms with Crippen LogP contribution in [-0.2, 0) is 9.59 Å². The number of nitrogens with zero attached hydrogens (tertiary/aromatic N) is 2. The normalized spacial score (nSPS) is 19.1. The van der Waals surface area contributed by atoms with Gasteiger partial charge in [-0.1, -0.05) is 67.0 Å². The summed E-state index contributed by atoms with van der Waals surface area (Å²) in [7, 11) is 0. The Hall–Kier alpha value is -1.37. The van der Waals surface area contributed by atoms with Crippen LogP contribution in [0.2, 0.25) is 5.02 Å². The van der Waals surface area contributed by atoms with Crippen LogP contribution in [-0.4, -0.2) is 45.6 Å². The number of halogens is 1. The Morgan fingerprint density at radius 2 is 1.76 bits per heavy atom. The summed E-state index contributed by atoms with van der Waals surface area (Å²) in [6.45, 7) is 2.44. The minimum atomic E-state index is -0.0319. The molecule has 2 heterocycles. The molecule has 0 unspecified atom stereocenters. The van der Waals surface area contributed by atoms with Crippen LogP contribution in [0.5, 0.6) is 0 Å². The maximum atomic E-state index is 12.7. The number of likely N-dealkylation sites (tertiary alicyclic amines) is 1. The molecule has 2 amide bonds. The molecule has 7 heteroatoms. The average Bonchev–Trinajstić information content (AvgIpc) is 2.90. The van der Waals surface area contributed by atoms with E-state index in [9.17, 15) is 9.59 Å². The second-order valence-corrected chi connectivity index (χ2v) is 9.60. The highest BCUT2D eigenvalue weighted by atomic mass is 35.5. The summed E-state index contributed by atoms with van der Waals surface area (Å²) in [6.07, 6.45) is 9.84. The van der Waals surface area contributed by atoms with Crippen molar-refractivity contribution in [2.45, 2.75) is 51.4 Å². The molecule has 4 nitrogen and oxygen atoms in total. The molecular formula is C22H27ClN2O2S2. The van der Waals surface area contributed by atoms with Crippen molar-refractivity contribution in [2.75, 3.05) is 19.6 Å². The van der Waals surface area contributed by atoms with Crippen molar-refractivity contribution in [3.8, 4) is 0 Å². The van der Waals surface area contributed by atoms with E-state index < -0.39 is 0 Å². The van der Waals surface area contributed by atoms with Gasteiger partial charge in [0, 0.05) is 31.1 Å². The van der Waals surface area contributed by atoms with Gasteiger partial charge in [-0.3, -0.25) is 14.5 Å². The van der Waals surface area contributed by atoms with E-state index in [4.69, 9.17) is 23.8 Å². The molecule has 3 rings (SSSR count). The van der Waals surface area contributed by atoms with Crippen molar-refractivity contribution in [3.63, 3.8) is 0 Å². The van der Waals surface area contributed by atoms with E-state index in [1.807, 2.05) is 23.1 Å². The van der Waals surface area contributed by atoms with E-state index in [-0.39, 0.29) is 11.8 Å². The van der Waals surface area contributed by atoms with Gasteiger partial charge in [0.05, 0.1) is 4.91 Å². The first-order valence-corrected chi connectivity index (χ1v) is 11.9. The van der Waals surface area contributed by atoms with Crippen LogP contribution in [0.1, 0.15) is 56.9 Å². The van der Waals surface area contributed by atoms with Crippen molar-refractivity contribution >= 4 is 57.8 Å². The van der Waals surface area contributed by atoms with E-state index in [1.54, 1.807) is 17.0 Å². The number of rotatable bonds is 7. The number of carbonyl (C=O) groups is 2. The standard InChI is InChI=1S/C22H27ClN2O2S2/c23-18-11-9-17(10-12-18)16-19-21(27)25(22(28)29-19)15-7-3-4-8-20(26)24-13-5-1-2-6-14-24/h9-12,16H,1-8,13-15H2. The summed E-state index contributed by atoms with van der Waals surface area (Å²) >= 11 is 12.7. The van der Waals surface area contributed by atoms with Crippen molar-refractivity contribution in [2.24, 2.45) is 0 Å². The molecule has 0 atom stereocenters. The highest BCUT2D eigenvalue weighted by Gasteiger charge is 2.31. The lowest BCUT2D eigenvalue weighted by atomic mass is 10.1. The van der Waals surface area contributed by atoms with Crippen molar-refractivity contribution < 1.29 is 9.59 Å². The molecule has 0 saturated carbocycles. The molecule has 2 aliphatic heterocycles. The molecule has 29 heavy (non-hydrogen) atoms. The Morgan fingerprint density at radius 3 is 2.45 bits per heavy atom. The Balaban J connectivity index is 1.41. The van der Waals surface area contributed by atoms with Crippen LogP contribution in [0, 0.1) is 0 Å². The molecule has 2 aliphatic rings. The molecule has 0 radical (unpaired) electrons. The molecule has 2 saturated heterocycles. The van der Waals surface area contributed by atoms with Crippen molar-refractivity contribution in [1.29, 1.82) is 0 Å². The lowest BCUT2D eigenvalue weighted by Gasteiger charge is -2.20. The highest BCUT2D eigenvalue weighted by Crippen LogP contribution is 2.33. The number of hydrogen-bond acceptors (Lipinski definition) is 4. The van der Waals surface area contributed by atoms with Crippen molar-refractivity contribution in [3.05, 3.63) is 39.8 Å². The molecule has 0 N–H and O–H groups in total. The molecule has 0 aliphatic carbocycles. The monoisotopic (exact) mass is 450 g/mol. The van der Waals surface area contributed by atoms with Gasteiger partial charge >= 0.3 is 0 Å². The highest BCUT2D eigenvalue weighted by molar-refractivity contribution is 8.26. The molecule has 0 bridgehead atoms. The van der Waals surface area contributed by atoms with E-state index in [0.717, 1.165) is 50.8 Å². The fourth-order valence-electron chi connectivity index (χ4n) is 3.60.